The number of carbonyl (C=O) groups excluding carboxylic acids is 4. The first-order chi connectivity index (χ1) is 22.3. The minimum Gasteiger partial charge on any atom is -0.493 e. The first-order valence-corrected chi connectivity index (χ1v) is 15.0. The van der Waals surface area contributed by atoms with Gasteiger partial charge in [-0.05, 0) is 81.3 Å². The quantitative estimate of drug-likeness (QED) is 0.157. The zero-order valence-corrected chi connectivity index (χ0v) is 26.9. The van der Waals surface area contributed by atoms with Gasteiger partial charge in [0.15, 0.2) is 18.1 Å². The van der Waals surface area contributed by atoms with E-state index in [-0.39, 0.29) is 37.3 Å². The van der Waals surface area contributed by atoms with Crippen molar-refractivity contribution in [3.05, 3.63) is 66.0 Å². The number of carboxylic acids is 1. The number of amides is 1. The third-order valence-corrected chi connectivity index (χ3v) is 7.62. The minimum absolute atomic E-state index is 0.0750. The van der Waals surface area contributed by atoms with Crippen LogP contribution in [0.25, 0.3) is 0 Å². The van der Waals surface area contributed by atoms with Crippen molar-refractivity contribution in [3.63, 3.8) is 0 Å². The van der Waals surface area contributed by atoms with Crippen molar-refractivity contribution in [1.29, 1.82) is 0 Å². The normalized spacial score (nSPS) is 15.2. The number of Topliss-reactive ketones (excluding diaryl/α,β-unsaturated/α-hetero) is 1. The number of hydrogen-bond donors (Lipinski definition) is 1. The summed E-state index contributed by atoms with van der Waals surface area (Å²) in [5.74, 6) is -4.37. The molecule has 0 aromatic heterocycles. The lowest BCUT2D eigenvalue weighted by Gasteiger charge is -2.36. The van der Waals surface area contributed by atoms with Gasteiger partial charge in [-0.1, -0.05) is 12.6 Å². The van der Waals surface area contributed by atoms with E-state index in [1.807, 2.05) is 0 Å². The summed E-state index contributed by atoms with van der Waals surface area (Å²) < 4.78 is 41.6. The van der Waals surface area contributed by atoms with Crippen LogP contribution in [-0.4, -0.2) is 79.6 Å². The molecule has 2 aromatic rings. The van der Waals surface area contributed by atoms with Crippen molar-refractivity contribution in [2.24, 2.45) is 5.41 Å². The summed E-state index contributed by atoms with van der Waals surface area (Å²) in [6.07, 6.45) is 1.74. The van der Waals surface area contributed by atoms with E-state index in [2.05, 4.69) is 6.58 Å². The summed E-state index contributed by atoms with van der Waals surface area (Å²) in [5, 5.41) is 9.01. The van der Waals surface area contributed by atoms with Crippen LogP contribution in [0, 0.1) is 11.2 Å². The molecule has 1 saturated heterocycles. The molecule has 3 rings (SSSR count). The largest absolute Gasteiger partial charge is 0.493 e. The van der Waals surface area contributed by atoms with E-state index in [0.29, 0.717) is 30.8 Å². The molecule has 1 heterocycles. The number of carboxylic acid groups (broad SMARTS) is 1. The van der Waals surface area contributed by atoms with Crippen LogP contribution in [-0.2, 0) is 39.9 Å². The Kier molecular flexibility index (Phi) is 12.9. The van der Waals surface area contributed by atoms with Crippen LogP contribution in [0.15, 0.2) is 49.1 Å². The lowest BCUT2D eigenvalue weighted by molar-refractivity contribution is -0.165. The standard InChI is InChI=1S/C34H40FNO11/c1-6-30(39)46-20-34(2,3)31(40)32(41)36-14-8-7-9-25(36)33(42)47-26(12-10-21-11-13-27(43-4)28(15-21)44-5)22-16-23(35)18-24(17-22)45-19-29(37)38/h6,11,13,15-18,25-26H,1,7-10,12,14,19-20H2,2-5H3,(H,37,38)/t25-,26?/m0/s1. The fourth-order valence-corrected chi connectivity index (χ4v) is 5.06. The number of nitrogens with zero attached hydrogens (tertiary/aromatic N) is 1. The van der Waals surface area contributed by atoms with Crippen molar-refractivity contribution >= 4 is 29.6 Å². The van der Waals surface area contributed by atoms with Gasteiger partial charge in [-0.3, -0.25) is 9.59 Å². The molecule has 0 spiro atoms. The van der Waals surface area contributed by atoms with E-state index >= 15 is 0 Å². The lowest BCUT2D eigenvalue weighted by atomic mass is 9.87. The molecule has 0 bridgehead atoms. The number of carbonyl (C=O) groups is 5. The molecule has 2 atom stereocenters. The molecule has 13 heteroatoms. The van der Waals surface area contributed by atoms with Crippen molar-refractivity contribution in [2.45, 2.75) is 58.1 Å². The van der Waals surface area contributed by atoms with Crippen LogP contribution in [0.5, 0.6) is 17.2 Å². The second kappa shape index (κ2) is 16.6. The maximum atomic E-state index is 14.7. The number of halogens is 1. The van der Waals surface area contributed by atoms with Crippen LogP contribution in [0.4, 0.5) is 4.39 Å². The number of rotatable bonds is 16. The minimum atomic E-state index is -1.38. The Morgan fingerprint density at radius 3 is 2.45 bits per heavy atom. The molecule has 1 unspecified atom stereocenters. The Labute approximate surface area is 272 Å². The van der Waals surface area contributed by atoms with Gasteiger partial charge < -0.3 is 33.7 Å². The molecule has 2 aromatic carbocycles. The topological polar surface area (TPSA) is 155 Å². The lowest BCUT2D eigenvalue weighted by Crippen LogP contribution is -2.53. The van der Waals surface area contributed by atoms with Gasteiger partial charge in [-0.2, -0.15) is 0 Å². The van der Waals surface area contributed by atoms with E-state index in [0.717, 1.165) is 23.8 Å². The van der Waals surface area contributed by atoms with Crippen molar-refractivity contribution < 1.29 is 57.2 Å². The van der Waals surface area contributed by atoms with Gasteiger partial charge in [-0.25, -0.2) is 18.8 Å². The van der Waals surface area contributed by atoms with Crippen molar-refractivity contribution in [3.8, 4) is 17.2 Å². The Hall–Kier alpha value is -4.94. The molecule has 1 aliphatic heterocycles. The number of ether oxygens (including phenoxy) is 5. The summed E-state index contributed by atoms with van der Waals surface area (Å²) in [6.45, 7) is 5.27. The number of methoxy groups -OCH3 is 2. The predicted molar refractivity (Wildman–Crippen MR) is 166 cm³/mol. The van der Waals surface area contributed by atoms with E-state index in [4.69, 9.17) is 28.8 Å². The molecule has 254 valence electrons. The summed E-state index contributed by atoms with van der Waals surface area (Å²) in [5.41, 5.74) is -0.381. The highest BCUT2D eigenvalue weighted by Crippen LogP contribution is 2.33. The Morgan fingerprint density at radius 1 is 1.06 bits per heavy atom. The molecule has 0 aliphatic carbocycles. The van der Waals surface area contributed by atoms with Gasteiger partial charge in [0.2, 0.25) is 5.78 Å². The van der Waals surface area contributed by atoms with Gasteiger partial charge in [-0.15, -0.1) is 0 Å². The smallest absolute Gasteiger partial charge is 0.341 e. The zero-order chi connectivity index (χ0) is 34.7. The SMILES string of the molecule is C=CC(=O)OCC(C)(C)C(=O)C(=O)N1CCCC[C@H]1C(=O)OC(CCc1ccc(OC)c(OC)c1)c1cc(F)cc(OCC(=O)O)c1. The zero-order valence-electron chi connectivity index (χ0n) is 26.9. The fraction of sp³-hybridized carbons (Fsp3) is 0.441. The first-order valence-electron chi connectivity index (χ1n) is 15.0. The molecule has 12 nitrogen and oxygen atoms in total. The number of aliphatic carboxylic acids is 1. The summed E-state index contributed by atoms with van der Waals surface area (Å²) in [6, 6.07) is 7.73. The number of hydrogen-bond acceptors (Lipinski definition) is 10. The molecule has 1 fully saturated rings. The second-order valence-electron chi connectivity index (χ2n) is 11.6. The third kappa shape index (κ3) is 10.0. The number of ketones is 1. The summed E-state index contributed by atoms with van der Waals surface area (Å²) in [7, 11) is 3.00. The van der Waals surface area contributed by atoms with Crippen LogP contribution >= 0.6 is 0 Å². The van der Waals surface area contributed by atoms with Crippen molar-refractivity contribution in [2.75, 3.05) is 34.0 Å². The number of benzene rings is 2. The van der Waals surface area contributed by atoms with Gasteiger partial charge in [0.05, 0.1) is 19.6 Å². The second-order valence-corrected chi connectivity index (χ2v) is 11.6. The van der Waals surface area contributed by atoms with Gasteiger partial charge >= 0.3 is 17.9 Å². The van der Waals surface area contributed by atoms with Gasteiger partial charge in [0.25, 0.3) is 5.91 Å². The molecule has 1 amide bonds. The Bertz CT molecular complexity index is 1490. The molecule has 0 saturated carbocycles. The van der Waals surface area contributed by atoms with Gasteiger partial charge in [0, 0.05) is 18.7 Å². The Morgan fingerprint density at radius 2 is 1.79 bits per heavy atom. The van der Waals surface area contributed by atoms with Crippen LogP contribution in [0.2, 0.25) is 0 Å². The number of esters is 2. The van der Waals surface area contributed by atoms with E-state index in [9.17, 15) is 28.4 Å². The predicted octanol–water partition coefficient (Wildman–Crippen LogP) is 4.23. The first kappa shape index (κ1) is 36.5. The Balaban J connectivity index is 1.89. The molecular weight excluding hydrogens is 617 g/mol. The average Bonchev–Trinajstić information content (AvgIpc) is 3.06. The van der Waals surface area contributed by atoms with E-state index < -0.39 is 59.6 Å². The average molecular weight is 658 g/mol. The summed E-state index contributed by atoms with van der Waals surface area (Å²) in [4.78, 5) is 64.2. The van der Waals surface area contributed by atoms with Gasteiger partial charge in [0.1, 0.15) is 30.3 Å². The highest BCUT2D eigenvalue weighted by atomic mass is 19.1. The molecule has 1 aliphatic rings. The molecule has 47 heavy (non-hydrogen) atoms. The van der Waals surface area contributed by atoms with Crippen LogP contribution in [0.1, 0.15) is 56.8 Å². The maximum absolute atomic E-state index is 14.7. The molecular formula is C34H40FNO11. The number of likely N-dealkylation sites (tertiary alicyclic amines) is 1. The highest BCUT2D eigenvalue weighted by molar-refractivity contribution is 6.38. The highest BCUT2D eigenvalue weighted by Gasteiger charge is 2.42. The van der Waals surface area contributed by atoms with Crippen LogP contribution < -0.4 is 14.2 Å². The van der Waals surface area contributed by atoms with Crippen LogP contribution in [0.3, 0.4) is 0 Å². The summed E-state index contributed by atoms with van der Waals surface area (Å²) >= 11 is 0. The molecule has 1 N–H and O–H groups in total. The maximum Gasteiger partial charge on any atom is 0.341 e. The van der Waals surface area contributed by atoms with Crippen molar-refractivity contribution in [1.82, 2.24) is 4.90 Å². The third-order valence-electron chi connectivity index (χ3n) is 7.62. The molecule has 0 radical (unpaired) electrons. The van der Waals surface area contributed by atoms with E-state index in [1.54, 1.807) is 18.2 Å². The monoisotopic (exact) mass is 657 g/mol. The fourth-order valence-electron chi connectivity index (χ4n) is 5.06. The number of aryl methyl sites for hydroxylation is 1. The number of piperidine rings is 1. The van der Waals surface area contributed by atoms with E-state index in [1.165, 1.54) is 39.0 Å².